The number of benzene rings is 1. The molecule has 1 aromatic carbocycles. The van der Waals surface area contributed by atoms with E-state index < -0.39 is 10.0 Å². The van der Waals surface area contributed by atoms with E-state index in [0.717, 1.165) is 24.0 Å². The van der Waals surface area contributed by atoms with Crippen molar-refractivity contribution in [3.8, 4) is 0 Å². The lowest BCUT2D eigenvalue weighted by molar-refractivity contribution is -0.129. The van der Waals surface area contributed by atoms with Crippen LogP contribution in [-0.4, -0.2) is 82.9 Å². The summed E-state index contributed by atoms with van der Waals surface area (Å²) >= 11 is 1.20. The van der Waals surface area contributed by atoms with Crippen molar-refractivity contribution < 1.29 is 17.9 Å². The smallest absolute Gasteiger partial charge is 0.344 e. The highest BCUT2D eigenvalue weighted by Gasteiger charge is 2.30. The average Bonchev–Trinajstić information content (AvgIpc) is 3.44. The fourth-order valence-electron chi connectivity index (χ4n) is 3.99. The van der Waals surface area contributed by atoms with E-state index >= 15 is 0 Å². The van der Waals surface area contributed by atoms with Gasteiger partial charge in [-0.3, -0.25) is 9.36 Å². The van der Waals surface area contributed by atoms with Gasteiger partial charge < -0.3 is 9.64 Å². The van der Waals surface area contributed by atoms with Gasteiger partial charge in [0.25, 0.3) is 0 Å². The van der Waals surface area contributed by atoms with Gasteiger partial charge in [-0.15, -0.1) is 5.10 Å². The number of hydrogen-bond acceptors (Lipinski definition) is 7. The van der Waals surface area contributed by atoms with Gasteiger partial charge in [0.2, 0.25) is 15.9 Å². The monoisotopic (exact) mass is 495 g/mol. The molecule has 2 aliphatic heterocycles. The van der Waals surface area contributed by atoms with Gasteiger partial charge in [0, 0.05) is 32.8 Å². The molecule has 33 heavy (non-hydrogen) atoms. The minimum atomic E-state index is -3.59. The minimum absolute atomic E-state index is 0.0114. The molecule has 2 saturated heterocycles. The number of aryl methyl sites for hydroxylation is 2. The maximum absolute atomic E-state index is 13.0. The molecule has 0 radical (unpaired) electrons. The van der Waals surface area contributed by atoms with Gasteiger partial charge in [-0.25, -0.2) is 18.3 Å². The summed E-state index contributed by atoms with van der Waals surface area (Å²) in [7, 11) is -3.59. The number of aromatic nitrogens is 3. The van der Waals surface area contributed by atoms with Crippen LogP contribution in [0.2, 0.25) is 0 Å². The van der Waals surface area contributed by atoms with Crippen molar-refractivity contribution in [1.29, 1.82) is 0 Å². The maximum atomic E-state index is 13.0. The Morgan fingerprint density at radius 3 is 2.64 bits per heavy atom. The average molecular weight is 496 g/mol. The zero-order valence-electron chi connectivity index (χ0n) is 18.8. The standard InChI is InChI=1S/C21H29N5O5S2/c1-15-5-6-18(12-16(15)2)33(29,30)25-9-7-24(8-10-25)19(27)14-32-21-23-22-20(28)26(21)13-17-4-3-11-31-17/h5-6,12,17H,3-4,7-11,13-14H2,1-2H3,(H,22,28). The van der Waals surface area contributed by atoms with Crippen molar-refractivity contribution in [3.63, 3.8) is 0 Å². The van der Waals surface area contributed by atoms with Crippen molar-refractivity contribution in [2.24, 2.45) is 0 Å². The van der Waals surface area contributed by atoms with Gasteiger partial charge >= 0.3 is 5.69 Å². The van der Waals surface area contributed by atoms with Gasteiger partial charge in [0.05, 0.1) is 23.3 Å². The van der Waals surface area contributed by atoms with E-state index in [-0.39, 0.29) is 41.4 Å². The van der Waals surface area contributed by atoms with E-state index in [2.05, 4.69) is 10.2 Å². The SMILES string of the molecule is Cc1ccc(S(=O)(=O)N2CCN(C(=O)CSc3n[nH]c(=O)n3CC3CCCO3)CC2)cc1C. The van der Waals surface area contributed by atoms with E-state index in [0.29, 0.717) is 31.4 Å². The Kier molecular flexibility index (Phi) is 7.27. The molecule has 3 heterocycles. The molecule has 0 saturated carbocycles. The highest BCUT2D eigenvalue weighted by Crippen LogP contribution is 2.22. The summed E-state index contributed by atoms with van der Waals surface area (Å²) in [6.07, 6.45) is 1.86. The molecule has 180 valence electrons. The lowest BCUT2D eigenvalue weighted by atomic mass is 10.1. The van der Waals surface area contributed by atoms with Crippen molar-refractivity contribution in [2.75, 3.05) is 38.5 Å². The highest BCUT2D eigenvalue weighted by molar-refractivity contribution is 7.99. The summed E-state index contributed by atoms with van der Waals surface area (Å²) in [4.78, 5) is 26.8. The zero-order valence-corrected chi connectivity index (χ0v) is 20.5. The topological polar surface area (TPSA) is 118 Å². The third-order valence-electron chi connectivity index (χ3n) is 6.17. The molecule has 1 N–H and O–H groups in total. The van der Waals surface area contributed by atoms with Crippen LogP contribution in [0.5, 0.6) is 0 Å². The Hall–Kier alpha value is -2.15. The summed E-state index contributed by atoms with van der Waals surface area (Å²) in [5.74, 6) is 0.0158. The fraction of sp³-hybridized carbons (Fsp3) is 0.571. The van der Waals surface area contributed by atoms with Crippen LogP contribution in [0.1, 0.15) is 24.0 Å². The lowest BCUT2D eigenvalue weighted by Gasteiger charge is -2.34. The first-order valence-corrected chi connectivity index (χ1v) is 13.4. The maximum Gasteiger partial charge on any atom is 0.344 e. The van der Waals surface area contributed by atoms with Gasteiger partial charge in [-0.05, 0) is 49.9 Å². The first-order chi connectivity index (χ1) is 15.8. The van der Waals surface area contributed by atoms with E-state index in [4.69, 9.17) is 4.74 Å². The van der Waals surface area contributed by atoms with E-state index in [1.807, 2.05) is 19.9 Å². The highest BCUT2D eigenvalue weighted by atomic mass is 32.2. The number of carbonyl (C=O) groups excluding carboxylic acids is 1. The fourth-order valence-corrected chi connectivity index (χ4v) is 6.35. The number of aromatic amines is 1. The number of H-pyrrole nitrogens is 1. The van der Waals surface area contributed by atoms with Crippen LogP contribution >= 0.6 is 11.8 Å². The normalized spacial score (nSPS) is 19.8. The molecule has 1 amide bonds. The lowest BCUT2D eigenvalue weighted by Crippen LogP contribution is -2.51. The van der Waals surface area contributed by atoms with Gasteiger partial charge in [-0.1, -0.05) is 17.8 Å². The first-order valence-electron chi connectivity index (χ1n) is 11.0. The Balaban J connectivity index is 1.32. The van der Waals surface area contributed by atoms with Gasteiger partial charge in [0.1, 0.15) is 0 Å². The van der Waals surface area contributed by atoms with Crippen LogP contribution in [0.25, 0.3) is 0 Å². The predicted molar refractivity (Wildman–Crippen MR) is 124 cm³/mol. The molecule has 1 aromatic heterocycles. The number of sulfonamides is 1. The first kappa shape index (κ1) is 24.0. The third-order valence-corrected chi connectivity index (χ3v) is 9.02. The molecule has 12 heteroatoms. The Morgan fingerprint density at radius 1 is 1.21 bits per heavy atom. The van der Waals surface area contributed by atoms with E-state index in [9.17, 15) is 18.0 Å². The molecule has 0 bridgehead atoms. The summed E-state index contributed by atoms with van der Waals surface area (Å²) in [6, 6.07) is 5.14. The second kappa shape index (κ2) is 10.00. The number of nitrogens with one attached hydrogen (secondary N) is 1. The third kappa shape index (κ3) is 5.34. The molecule has 2 aromatic rings. The van der Waals surface area contributed by atoms with Crippen LogP contribution in [0.3, 0.4) is 0 Å². The molecular weight excluding hydrogens is 466 g/mol. The van der Waals surface area contributed by atoms with Crippen molar-refractivity contribution >= 4 is 27.7 Å². The molecule has 2 fully saturated rings. The van der Waals surface area contributed by atoms with Gasteiger partial charge in [-0.2, -0.15) is 4.31 Å². The second-order valence-corrected chi connectivity index (χ2v) is 11.3. The van der Waals surface area contributed by atoms with Crippen LogP contribution in [0.4, 0.5) is 0 Å². The molecule has 4 rings (SSSR count). The van der Waals surface area contributed by atoms with Crippen LogP contribution < -0.4 is 5.69 Å². The second-order valence-electron chi connectivity index (χ2n) is 8.38. The molecule has 0 aliphatic carbocycles. The van der Waals surface area contributed by atoms with Crippen LogP contribution in [0, 0.1) is 13.8 Å². The summed E-state index contributed by atoms with van der Waals surface area (Å²) in [5, 5.41) is 6.94. The Morgan fingerprint density at radius 2 is 1.97 bits per heavy atom. The molecule has 10 nitrogen and oxygen atoms in total. The number of ether oxygens (including phenoxy) is 1. The van der Waals surface area contributed by atoms with E-state index in [1.165, 1.54) is 20.6 Å². The number of piperazine rings is 1. The number of amides is 1. The molecule has 0 spiro atoms. The number of nitrogens with zero attached hydrogens (tertiary/aromatic N) is 4. The number of rotatable bonds is 7. The molecule has 1 unspecified atom stereocenters. The number of hydrogen-bond donors (Lipinski definition) is 1. The Labute approximate surface area is 197 Å². The minimum Gasteiger partial charge on any atom is -0.376 e. The summed E-state index contributed by atoms with van der Waals surface area (Å²) in [6.45, 7) is 6.10. The molecule has 1 atom stereocenters. The van der Waals surface area contributed by atoms with Crippen molar-refractivity contribution in [3.05, 3.63) is 39.8 Å². The quantitative estimate of drug-likeness (QED) is 0.569. The number of carbonyl (C=O) groups is 1. The predicted octanol–water partition coefficient (Wildman–Crippen LogP) is 0.992. The van der Waals surface area contributed by atoms with Crippen LogP contribution in [-0.2, 0) is 26.1 Å². The van der Waals surface area contributed by atoms with Gasteiger partial charge in [0.15, 0.2) is 5.16 Å². The Bertz CT molecular complexity index is 1160. The summed E-state index contributed by atoms with van der Waals surface area (Å²) < 4.78 is 34.5. The summed E-state index contributed by atoms with van der Waals surface area (Å²) in [5.41, 5.74) is 1.66. The molecule has 2 aliphatic rings. The van der Waals surface area contributed by atoms with Crippen molar-refractivity contribution in [2.45, 2.75) is 49.4 Å². The molecular formula is C21H29N5O5S2. The number of thioether (sulfide) groups is 1. The zero-order chi connectivity index (χ0) is 23.6. The largest absolute Gasteiger partial charge is 0.376 e. The van der Waals surface area contributed by atoms with Crippen molar-refractivity contribution in [1.82, 2.24) is 24.0 Å². The van der Waals surface area contributed by atoms with Crippen LogP contribution in [0.15, 0.2) is 33.0 Å². The van der Waals surface area contributed by atoms with E-state index in [1.54, 1.807) is 17.0 Å².